The minimum absolute atomic E-state index is 0.227. The molecule has 0 saturated heterocycles. The van der Waals surface area contributed by atoms with E-state index in [4.69, 9.17) is 9.40 Å². The van der Waals surface area contributed by atoms with Crippen molar-refractivity contribution in [2.75, 3.05) is 18.9 Å². The number of para-hydroxylation sites is 1. The van der Waals surface area contributed by atoms with Crippen molar-refractivity contribution in [3.8, 4) is 10.6 Å². The fourth-order valence-corrected chi connectivity index (χ4v) is 5.83. The number of rotatable bonds is 3. The molecule has 4 heterocycles. The quantitative estimate of drug-likeness (QED) is 0.538. The number of nitrogens with one attached hydrogen (secondary N) is 1. The Balaban J connectivity index is 1.62. The monoisotopic (exact) mass is 395 g/mol. The average Bonchev–Trinajstić information content (AvgIpc) is 3.38. The zero-order chi connectivity index (χ0) is 18.4. The van der Waals surface area contributed by atoms with Gasteiger partial charge >= 0.3 is 0 Å². The molecule has 1 aliphatic rings. The predicted octanol–water partition coefficient (Wildman–Crippen LogP) is 4.86. The minimum atomic E-state index is -0.227. The summed E-state index contributed by atoms with van der Waals surface area (Å²) in [6, 6.07) is 11.5. The molecule has 1 aromatic carbocycles. The van der Waals surface area contributed by atoms with Crippen LogP contribution in [0.3, 0.4) is 0 Å². The lowest BCUT2D eigenvalue weighted by molar-refractivity contribution is 0.0997. The largest absolute Gasteiger partial charge is 0.459 e. The molecule has 5 rings (SSSR count). The zero-order valence-corrected chi connectivity index (χ0v) is 16.3. The summed E-state index contributed by atoms with van der Waals surface area (Å²) >= 11 is 3.32. The number of nitrogens with zero attached hydrogens (tertiary/aromatic N) is 2. The van der Waals surface area contributed by atoms with E-state index in [-0.39, 0.29) is 5.91 Å². The van der Waals surface area contributed by atoms with Crippen molar-refractivity contribution in [1.29, 1.82) is 0 Å². The second kappa shape index (κ2) is 6.60. The van der Waals surface area contributed by atoms with Crippen LogP contribution in [0.1, 0.15) is 21.0 Å². The maximum atomic E-state index is 12.6. The fourth-order valence-electron chi connectivity index (χ4n) is 3.40. The van der Waals surface area contributed by atoms with Crippen molar-refractivity contribution < 1.29 is 9.21 Å². The van der Waals surface area contributed by atoms with Crippen LogP contribution >= 0.6 is 22.7 Å². The average molecular weight is 396 g/mol. The van der Waals surface area contributed by atoms with E-state index < -0.39 is 0 Å². The van der Waals surface area contributed by atoms with Crippen molar-refractivity contribution in [2.24, 2.45) is 0 Å². The van der Waals surface area contributed by atoms with E-state index in [1.54, 1.807) is 34.8 Å². The number of thiophene rings is 1. The highest BCUT2D eigenvalue weighted by Crippen LogP contribution is 2.45. The first-order valence-electron chi connectivity index (χ1n) is 8.73. The van der Waals surface area contributed by atoms with E-state index >= 15 is 0 Å². The highest BCUT2D eigenvalue weighted by atomic mass is 32.1. The molecule has 1 amide bonds. The summed E-state index contributed by atoms with van der Waals surface area (Å²) in [5, 5.41) is 4.88. The highest BCUT2D eigenvalue weighted by molar-refractivity contribution is 7.22. The lowest BCUT2D eigenvalue weighted by Gasteiger charge is -2.22. The number of amides is 1. The number of hydrogen-bond acceptors (Lipinski definition) is 6. The number of fused-ring (bicyclic) bond motifs is 2. The maximum absolute atomic E-state index is 12.6. The Labute approximate surface area is 164 Å². The molecular formula is C20H17N3O2S2. The molecule has 0 unspecified atom stereocenters. The summed E-state index contributed by atoms with van der Waals surface area (Å²) in [5.41, 5.74) is 3.38. The van der Waals surface area contributed by atoms with Gasteiger partial charge in [-0.25, -0.2) is 4.98 Å². The number of hydrogen-bond donors (Lipinski definition) is 1. The molecule has 1 N–H and O–H groups in total. The first kappa shape index (κ1) is 16.7. The Morgan fingerprint density at radius 3 is 2.93 bits per heavy atom. The topological polar surface area (TPSA) is 58.4 Å². The molecule has 0 bridgehead atoms. The summed E-state index contributed by atoms with van der Waals surface area (Å²) in [6.45, 7) is 1.90. The second-order valence-corrected chi connectivity index (χ2v) is 8.75. The zero-order valence-electron chi connectivity index (χ0n) is 14.7. The van der Waals surface area contributed by atoms with E-state index in [2.05, 4.69) is 23.3 Å². The van der Waals surface area contributed by atoms with Crippen molar-refractivity contribution in [3.05, 3.63) is 58.9 Å². The molecule has 7 heteroatoms. The van der Waals surface area contributed by atoms with Crippen LogP contribution < -0.4 is 5.32 Å². The Bertz CT molecular complexity index is 1090. The normalized spacial score (nSPS) is 14.4. The van der Waals surface area contributed by atoms with Gasteiger partial charge < -0.3 is 14.6 Å². The number of carbonyl (C=O) groups excluding carboxylic acids is 1. The highest BCUT2D eigenvalue weighted by Gasteiger charge is 2.27. The van der Waals surface area contributed by atoms with Gasteiger partial charge in [-0.2, -0.15) is 0 Å². The molecule has 0 radical (unpaired) electrons. The third-order valence-corrected chi connectivity index (χ3v) is 6.91. The predicted molar refractivity (Wildman–Crippen MR) is 110 cm³/mol. The third-order valence-electron chi connectivity index (χ3n) is 4.73. The van der Waals surface area contributed by atoms with Gasteiger partial charge in [0.25, 0.3) is 5.91 Å². The van der Waals surface area contributed by atoms with Crippen LogP contribution in [0.5, 0.6) is 0 Å². The van der Waals surface area contributed by atoms with Gasteiger partial charge in [0.05, 0.1) is 16.5 Å². The standard InChI is InChI=1S/C20H17N3O2S2/c1-23-9-8-12-16(11-23)27-20(22-18(24)14-6-4-10-25-14)17(12)19-21-13-5-2-3-7-15(13)26-19/h2-7,10H,8-9,11H2,1H3,(H,22,24). The van der Waals surface area contributed by atoms with Gasteiger partial charge in [0.2, 0.25) is 0 Å². The number of aromatic nitrogens is 1. The number of benzene rings is 1. The van der Waals surface area contributed by atoms with Crippen LogP contribution in [0, 0.1) is 0 Å². The second-order valence-electron chi connectivity index (χ2n) is 6.61. The first-order valence-corrected chi connectivity index (χ1v) is 10.4. The molecule has 0 atom stereocenters. The lowest BCUT2D eigenvalue weighted by atomic mass is 10.0. The van der Waals surface area contributed by atoms with Gasteiger partial charge in [-0.15, -0.1) is 22.7 Å². The molecule has 5 nitrogen and oxygen atoms in total. The van der Waals surface area contributed by atoms with Crippen LogP contribution in [-0.4, -0.2) is 29.4 Å². The Morgan fingerprint density at radius 2 is 2.11 bits per heavy atom. The summed E-state index contributed by atoms with van der Waals surface area (Å²) in [7, 11) is 2.13. The summed E-state index contributed by atoms with van der Waals surface area (Å²) in [4.78, 5) is 21.0. The van der Waals surface area contributed by atoms with E-state index in [0.29, 0.717) is 5.76 Å². The number of furan rings is 1. The van der Waals surface area contributed by atoms with Crippen LogP contribution in [0.4, 0.5) is 5.00 Å². The molecular weight excluding hydrogens is 378 g/mol. The molecule has 0 aliphatic carbocycles. The van der Waals surface area contributed by atoms with Crippen LogP contribution in [0.15, 0.2) is 47.1 Å². The van der Waals surface area contributed by atoms with E-state index in [0.717, 1.165) is 45.3 Å². The Kier molecular flexibility index (Phi) is 4.07. The number of carbonyl (C=O) groups is 1. The third kappa shape index (κ3) is 2.97. The summed E-state index contributed by atoms with van der Waals surface area (Å²) in [5.74, 6) is 0.0862. The van der Waals surface area contributed by atoms with Gasteiger partial charge in [0.15, 0.2) is 5.76 Å². The van der Waals surface area contributed by atoms with Gasteiger partial charge in [0, 0.05) is 23.5 Å². The van der Waals surface area contributed by atoms with Crippen LogP contribution in [0.25, 0.3) is 20.8 Å². The minimum Gasteiger partial charge on any atom is -0.459 e. The SMILES string of the molecule is CN1CCc2c(sc(NC(=O)c3ccco3)c2-c2nc3ccccc3s2)C1. The van der Waals surface area contributed by atoms with E-state index in [1.165, 1.54) is 16.7 Å². The number of thiazole rings is 1. The van der Waals surface area contributed by atoms with Crippen molar-refractivity contribution in [1.82, 2.24) is 9.88 Å². The first-order chi connectivity index (χ1) is 13.2. The molecule has 3 aromatic heterocycles. The molecule has 27 heavy (non-hydrogen) atoms. The lowest BCUT2D eigenvalue weighted by Crippen LogP contribution is -2.25. The maximum Gasteiger partial charge on any atom is 0.291 e. The molecule has 136 valence electrons. The Morgan fingerprint density at radius 1 is 1.22 bits per heavy atom. The summed E-state index contributed by atoms with van der Waals surface area (Å²) < 4.78 is 6.41. The molecule has 1 aliphatic heterocycles. The summed E-state index contributed by atoms with van der Waals surface area (Å²) in [6.07, 6.45) is 2.47. The van der Waals surface area contributed by atoms with Crippen LogP contribution in [0.2, 0.25) is 0 Å². The Hall–Kier alpha value is -2.48. The smallest absolute Gasteiger partial charge is 0.291 e. The molecule has 4 aromatic rings. The van der Waals surface area contributed by atoms with Crippen molar-refractivity contribution in [3.63, 3.8) is 0 Å². The molecule has 0 saturated carbocycles. The van der Waals surface area contributed by atoms with Gasteiger partial charge in [-0.3, -0.25) is 4.79 Å². The molecule has 0 fully saturated rings. The van der Waals surface area contributed by atoms with Gasteiger partial charge in [0.1, 0.15) is 10.0 Å². The van der Waals surface area contributed by atoms with E-state index in [9.17, 15) is 4.79 Å². The van der Waals surface area contributed by atoms with Gasteiger partial charge in [-0.05, 0) is 43.3 Å². The fraction of sp³-hybridized carbons (Fsp3) is 0.200. The van der Waals surface area contributed by atoms with Gasteiger partial charge in [-0.1, -0.05) is 12.1 Å². The van der Waals surface area contributed by atoms with Crippen molar-refractivity contribution in [2.45, 2.75) is 13.0 Å². The van der Waals surface area contributed by atoms with E-state index in [1.807, 2.05) is 18.2 Å². The number of anilines is 1. The molecule has 0 spiro atoms. The van der Waals surface area contributed by atoms with Crippen LogP contribution in [-0.2, 0) is 13.0 Å². The number of likely N-dealkylation sites (N-methyl/N-ethyl adjacent to an activating group) is 1. The van der Waals surface area contributed by atoms with Crippen molar-refractivity contribution >= 4 is 43.8 Å².